The number of carbonyl (C=O) groups is 1. The Bertz CT molecular complexity index is 487. The van der Waals surface area contributed by atoms with Crippen molar-refractivity contribution in [3.05, 3.63) is 44.2 Å². The Balaban J connectivity index is 3.29. The first-order valence-electron chi connectivity index (χ1n) is 3.97. The van der Waals surface area contributed by atoms with Crippen LogP contribution in [0, 0.1) is 15.9 Å². The van der Waals surface area contributed by atoms with Gasteiger partial charge in [0.1, 0.15) is 4.47 Å². The Morgan fingerprint density at radius 2 is 2.19 bits per heavy atom. The van der Waals surface area contributed by atoms with Gasteiger partial charge in [-0.15, -0.1) is 0 Å². The van der Waals surface area contributed by atoms with Gasteiger partial charge in [-0.3, -0.25) is 10.1 Å². The zero-order valence-electron chi connectivity index (χ0n) is 7.68. The number of benzene rings is 1. The zero-order chi connectivity index (χ0) is 12.3. The number of nitrogens with zero attached hydrogens (tertiary/aromatic N) is 1. The Morgan fingerprint density at radius 1 is 1.56 bits per heavy atom. The van der Waals surface area contributed by atoms with Crippen LogP contribution in [0.15, 0.2) is 22.7 Å². The van der Waals surface area contributed by atoms with E-state index in [1.165, 1.54) is 6.07 Å². The van der Waals surface area contributed by atoms with Crippen LogP contribution >= 0.6 is 15.9 Å². The Kier molecular flexibility index (Phi) is 3.73. The molecule has 0 radical (unpaired) electrons. The van der Waals surface area contributed by atoms with Gasteiger partial charge in [0.25, 0.3) is 0 Å². The van der Waals surface area contributed by atoms with Crippen molar-refractivity contribution < 1.29 is 19.2 Å². The second kappa shape index (κ2) is 4.84. The average Bonchev–Trinajstić information content (AvgIpc) is 2.15. The highest BCUT2D eigenvalue weighted by Gasteiger charge is 2.20. The van der Waals surface area contributed by atoms with E-state index >= 15 is 0 Å². The third-order valence-electron chi connectivity index (χ3n) is 1.68. The van der Waals surface area contributed by atoms with Crippen molar-refractivity contribution in [2.75, 3.05) is 0 Å². The summed E-state index contributed by atoms with van der Waals surface area (Å²) in [6.45, 7) is 0. The van der Waals surface area contributed by atoms with Gasteiger partial charge in [-0.05, 0) is 33.6 Å². The van der Waals surface area contributed by atoms with Gasteiger partial charge < -0.3 is 5.11 Å². The van der Waals surface area contributed by atoms with Crippen molar-refractivity contribution in [1.82, 2.24) is 0 Å². The molecule has 1 aromatic carbocycles. The van der Waals surface area contributed by atoms with Crippen LogP contribution in [0.3, 0.4) is 0 Å². The lowest BCUT2D eigenvalue weighted by atomic mass is 10.2. The van der Waals surface area contributed by atoms with Gasteiger partial charge in [-0.2, -0.15) is 4.39 Å². The van der Waals surface area contributed by atoms with E-state index in [1.54, 1.807) is 0 Å². The summed E-state index contributed by atoms with van der Waals surface area (Å²) in [5.74, 6) is -2.18. The smallest absolute Gasteiger partial charge is 0.328 e. The second-order valence-corrected chi connectivity index (χ2v) is 3.52. The van der Waals surface area contributed by atoms with Crippen molar-refractivity contribution >= 4 is 33.7 Å². The van der Waals surface area contributed by atoms with Gasteiger partial charge in [0, 0.05) is 6.08 Å². The van der Waals surface area contributed by atoms with Gasteiger partial charge in [0.05, 0.1) is 4.92 Å². The molecular formula is C9H5BrFNO4. The van der Waals surface area contributed by atoms with Crippen LogP contribution in [0.4, 0.5) is 10.1 Å². The average molecular weight is 290 g/mol. The summed E-state index contributed by atoms with van der Waals surface area (Å²) in [6.07, 6.45) is 1.95. The van der Waals surface area contributed by atoms with Gasteiger partial charge in [0.2, 0.25) is 5.82 Å². The van der Waals surface area contributed by atoms with Crippen LogP contribution in [-0.2, 0) is 4.79 Å². The molecule has 0 saturated carbocycles. The number of rotatable bonds is 3. The van der Waals surface area contributed by atoms with E-state index in [2.05, 4.69) is 15.9 Å². The van der Waals surface area contributed by atoms with Gasteiger partial charge in [0.15, 0.2) is 0 Å². The van der Waals surface area contributed by atoms with E-state index in [1.807, 2.05) is 0 Å². The highest BCUT2D eigenvalue weighted by atomic mass is 79.9. The molecule has 5 nitrogen and oxygen atoms in total. The molecule has 1 aromatic rings. The molecule has 0 heterocycles. The van der Waals surface area contributed by atoms with Crippen LogP contribution in [0.1, 0.15) is 5.56 Å². The monoisotopic (exact) mass is 289 g/mol. The minimum Gasteiger partial charge on any atom is -0.478 e. The summed E-state index contributed by atoms with van der Waals surface area (Å²) in [5, 5.41) is 18.9. The molecule has 84 valence electrons. The molecule has 1 N–H and O–H groups in total. The zero-order valence-corrected chi connectivity index (χ0v) is 9.27. The third-order valence-corrected chi connectivity index (χ3v) is 2.52. The summed E-state index contributed by atoms with van der Waals surface area (Å²) in [4.78, 5) is 19.9. The van der Waals surface area contributed by atoms with E-state index in [-0.39, 0.29) is 10.0 Å². The molecule has 0 aliphatic carbocycles. The highest BCUT2D eigenvalue weighted by Crippen LogP contribution is 2.31. The predicted octanol–water partition coefficient (Wildman–Crippen LogP) is 2.59. The molecule has 0 saturated heterocycles. The Hall–Kier alpha value is -1.76. The number of hydrogen-bond donors (Lipinski definition) is 1. The fourth-order valence-corrected chi connectivity index (χ4v) is 1.61. The van der Waals surface area contributed by atoms with E-state index in [9.17, 15) is 19.3 Å². The molecular weight excluding hydrogens is 285 g/mol. The predicted molar refractivity (Wildman–Crippen MR) is 57.4 cm³/mol. The highest BCUT2D eigenvalue weighted by molar-refractivity contribution is 9.10. The minimum atomic E-state index is -1.20. The van der Waals surface area contributed by atoms with E-state index in [0.29, 0.717) is 0 Å². The van der Waals surface area contributed by atoms with Crippen molar-refractivity contribution in [2.45, 2.75) is 0 Å². The summed E-state index contributed by atoms with van der Waals surface area (Å²) >= 11 is 2.86. The van der Waals surface area contributed by atoms with Crippen molar-refractivity contribution in [3.8, 4) is 0 Å². The number of nitro groups is 1. The molecule has 0 amide bonds. The summed E-state index contributed by atoms with van der Waals surface area (Å²) < 4.78 is 13.0. The SMILES string of the molecule is O=C(O)/C=C/c1ccc(F)c([N+](=O)[O-])c1Br. The van der Waals surface area contributed by atoms with E-state index in [0.717, 1.165) is 18.2 Å². The molecule has 7 heteroatoms. The Labute approximate surface area is 97.5 Å². The van der Waals surface area contributed by atoms with Crippen molar-refractivity contribution in [3.63, 3.8) is 0 Å². The molecule has 0 spiro atoms. The topological polar surface area (TPSA) is 80.4 Å². The molecule has 0 aliphatic rings. The maximum Gasteiger partial charge on any atom is 0.328 e. The lowest BCUT2D eigenvalue weighted by Crippen LogP contribution is -1.95. The van der Waals surface area contributed by atoms with Crippen molar-refractivity contribution in [2.24, 2.45) is 0 Å². The third kappa shape index (κ3) is 2.63. The summed E-state index contributed by atoms with van der Waals surface area (Å²) in [6, 6.07) is 2.15. The normalized spacial score (nSPS) is 10.6. The molecule has 0 unspecified atom stereocenters. The number of carboxylic acids is 1. The second-order valence-electron chi connectivity index (χ2n) is 2.73. The molecule has 0 atom stereocenters. The first-order chi connectivity index (χ1) is 7.43. The van der Waals surface area contributed by atoms with Crippen molar-refractivity contribution in [1.29, 1.82) is 0 Å². The number of carboxylic acid groups (broad SMARTS) is 1. The molecule has 0 fully saturated rings. The molecule has 0 aliphatic heterocycles. The van der Waals surface area contributed by atoms with E-state index < -0.39 is 22.4 Å². The quantitative estimate of drug-likeness (QED) is 0.527. The maximum atomic E-state index is 13.1. The lowest BCUT2D eigenvalue weighted by Gasteiger charge is -2.00. The number of hydrogen-bond acceptors (Lipinski definition) is 3. The number of aliphatic carboxylic acids is 1. The van der Waals surface area contributed by atoms with Crippen LogP contribution in [-0.4, -0.2) is 16.0 Å². The molecule has 16 heavy (non-hydrogen) atoms. The molecule has 0 bridgehead atoms. The minimum absolute atomic E-state index is 0.0880. The lowest BCUT2D eigenvalue weighted by molar-refractivity contribution is -0.388. The number of nitro benzene ring substituents is 1. The van der Waals surface area contributed by atoms with Gasteiger partial charge in [-0.25, -0.2) is 4.79 Å². The van der Waals surface area contributed by atoms with Crippen LogP contribution in [0.2, 0.25) is 0 Å². The van der Waals surface area contributed by atoms with Gasteiger partial charge in [-0.1, -0.05) is 6.07 Å². The number of halogens is 2. The maximum absolute atomic E-state index is 13.1. The first-order valence-corrected chi connectivity index (χ1v) is 4.76. The molecule has 0 aromatic heterocycles. The standard InChI is InChI=1S/C9H5BrFNO4/c10-8-5(2-4-7(13)14)1-3-6(11)9(8)12(15)16/h1-4H,(H,13,14)/b4-2+. The fraction of sp³-hybridized carbons (Fsp3) is 0. The van der Waals surface area contributed by atoms with Crippen LogP contribution < -0.4 is 0 Å². The van der Waals surface area contributed by atoms with E-state index in [4.69, 9.17) is 5.11 Å². The van der Waals surface area contributed by atoms with Gasteiger partial charge >= 0.3 is 11.7 Å². The summed E-state index contributed by atoms with van der Waals surface area (Å²) in [7, 11) is 0. The van der Waals surface area contributed by atoms with Crippen LogP contribution in [0.25, 0.3) is 6.08 Å². The fourth-order valence-electron chi connectivity index (χ4n) is 1.01. The first kappa shape index (κ1) is 12.3. The molecule has 1 rings (SSSR count). The Morgan fingerprint density at radius 3 is 2.69 bits per heavy atom. The summed E-state index contributed by atoms with van der Waals surface area (Å²) in [5.41, 5.74) is -0.497. The largest absolute Gasteiger partial charge is 0.478 e. The van der Waals surface area contributed by atoms with Crippen LogP contribution in [0.5, 0.6) is 0 Å².